The highest BCUT2D eigenvalue weighted by molar-refractivity contribution is 5.81. The number of amides is 1. The van der Waals surface area contributed by atoms with Gasteiger partial charge in [0.1, 0.15) is 0 Å². The lowest BCUT2D eigenvalue weighted by atomic mass is 10.0. The van der Waals surface area contributed by atoms with Crippen molar-refractivity contribution in [3.8, 4) is 0 Å². The highest BCUT2D eigenvalue weighted by atomic mass is 16.2. The molecule has 172 valence electrons. The van der Waals surface area contributed by atoms with Gasteiger partial charge in [-0.3, -0.25) is 4.79 Å². The van der Waals surface area contributed by atoms with Crippen LogP contribution in [0, 0.1) is 0 Å². The number of nitrogens with two attached hydrogens (primary N) is 1. The lowest BCUT2D eigenvalue weighted by molar-refractivity contribution is -0.122. The Morgan fingerprint density at radius 2 is 1.17 bits per heavy atom. The van der Waals surface area contributed by atoms with Crippen LogP contribution in [0.3, 0.4) is 0 Å². The van der Waals surface area contributed by atoms with Gasteiger partial charge in [-0.15, -0.1) is 0 Å². The van der Waals surface area contributed by atoms with Crippen LogP contribution in [0.1, 0.15) is 115 Å². The Kier molecular flexibility index (Phi) is 17.4. The molecule has 0 unspecified atom stereocenters. The molecule has 0 aromatic heterocycles. The number of benzene rings is 1. The van der Waals surface area contributed by atoms with E-state index >= 15 is 0 Å². The van der Waals surface area contributed by atoms with E-state index in [1.165, 1.54) is 96.3 Å². The monoisotopic (exact) mass is 416 g/mol. The van der Waals surface area contributed by atoms with Crippen LogP contribution in [-0.4, -0.2) is 18.5 Å². The van der Waals surface area contributed by atoms with Crippen molar-refractivity contribution in [2.24, 2.45) is 5.73 Å². The van der Waals surface area contributed by atoms with Gasteiger partial charge >= 0.3 is 0 Å². The highest BCUT2D eigenvalue weighted by Gasteiger charge is 2.12. The molecule has 0 saturated heterocycles. The topological polar surface area (TPSA) is 55.1 Å². The summed E-state index contributed by atoms with van der Waals surface area (Å²) in [6.45, 7) is 3.03. The van der Waals surface area contributed by atoms with E-state index in [1.54, 1.807) is 0 Å². The third kappa shape index (κ3) is 15.5. The van der Waals surface area contributed by atoms with Gasteiger partial charge in [-0.25, -0.2) is 0 Å². The minimum absolute atomic E-state index is 0.0280. The van der Waals surface area contributed by atoms with E-state index < -0.39 is 6.04 Å². The van der Waals surface area contributed by atoms with Crippen molar-refractivity contribution < 1.29 is 4.79 Å². The van der Waals surface area contributed by atoms with Gasteiger partial charge in [0.2, 0.25) is 5.91 Å². The summed E-state index contributed by atoms with van der Waals surface area (Å²) < 4.78 is 0. The van der Waals surface area contributed by atoms with E-state index in [4.69, 9.17) is 5.73 Å². The summed E-state index contributed by atoms with van der Waals surface area (Å²) >= 11 is 0. The van der Waals surface area contributed by atoms with Gasteiger partial charge in [-0.05, 0) is 18.4 Å². The summed E-state index contributed by atoms with van der Waals surface area (Å²) in [5.74, 6) is -0.0280. The molecule has 1 aromatic rings. The average molecular weight is 417 g/mol. The molecule has 1 rings (SSSR count). The van der Waals surface area contributed by atoms with Crippen LogP contribution in [0.2, 0.25) is 0 Å². The molecule has 1 amide bonds. The van der Waals surface area contributed by atoms with Crippen LogP contribution >= 0.6 is 0 Å². The van der Waals surface area contributed by atoms with E-state index in [2.05, 4.69) is 12.2 Å². The summed E-state index contributed by atoms with van der Waals surface area (Å²) in [5.41, 5.74) is 7.12. The summed E-state index contributed by atoms with van der Waals surface area (Å²) in [6, 6.07) is 9.53. The normalized spacial score (nSPS) is 12.1. The SMILES string of the molecule is CCCCCCCCCCCCCCCCCCNC(=O)[C@@H](N)Cc1ccccc1. The lowest BCUT2D eigenvalue weighted by Crippen LogP contribution is -2.42. The predicted octanol–water partition coefficient (Wildman–Crippen LogP) is 6.93. The standard InChI is InChI=1S/C27H48N2O/c1-2-3-4-5-6-7-8-9-10-11-12-13-14-15-16-20-23-29-27(30)26(28)24-25-21-18-17-19-22-25/h17-19,21-22,26H,2-16,20,23-24,28H2,1H3,(H,29,30)/t26-/m0/s1. The van der Waals surface area contributed by atoms with Crippen molar-refractivity contribution >= 4 is 5.91 Å². The Morgan fingerprint density at radius 3 is 1.63 bits per heavy atom. The van der Waals surface area contributed by atoms with Crippen molar-refractivity contribution in [2.45, 2.75) is 122 Å². The molecular weight excluding hydrogens is 368 g/mol. The van der Waals surface area contributed by atoms with Crippen molar-refractivity contribution in [1.82, 2.24) is 5.32 Å². The first kappa shape index (κ1) is 26.7. The number of hydrogen-bond donors (Lipinski definition) is 2. The average Bonchev–Trinajstić information content (AvgIpc) is 2.76. The van der Waals surface area contributed by atoms with E-state index in [9.17, 15) is 4.79 Å². The second kappa shape index (κ2) is 19.6. The molecule has 0 radical (unpaired) electrons. The number of carbonyl (C=O) groups is 1. The summed E-state index contributed by atoms with van der Waals surface area (Å²) in [7, 11) is 0. The molecule has 3 nitrogen and oxygen atoms in total. The summed E-state index contributed by atoms with van der Waals surface area (Å²) in [6.07, 6.45) is 22.5. The van der Waals surface area contributed by atoms with Gasteiger partial charge < -0.3 is 11.1 Å². The van der Waals surface area contributed by atoms with Crippen LogP contribution < -0.4 is 11.1 Å². The molecule has 1 atom stereocenters. The van der Waals surface area contributed by atoms with Gasteiger partial charge in [0, 0.05) is 6.54 Å². The summed E-state index contributed by atoms with van der Waals surface area (Å²) in [4.78, 5) is 12.1. The van der Waals surface area contributed by atoms with Crippen molar-refractivity contribution in [3.05, 3.63) is 35.9 Å². The van der Waals surface area contributed by atoms with E-state index in [0.717, 1.165) is 18.5 Å². The fourth-order valence-corrected chi connectivity index (χ4v) is 3.98. The number of rotatable bonds is 20. The first-order valence-corrected chi connectivity index (χ1v) is 12.8. The Hall–Kier alpha value is -1.35. The minimum Gasteiger partial charge on any atom is -0.355 e. The highest BCUT2D eigenvalue weighted by Crippen LogP contribution is 2.13. The second-order valence-corrected chi connectivity index (χ2v) is 8.89. The molecule has 0 spiro atoms. The van der Waals surface area contributed by atoms with Crippen molar-refractivity contribution in [3.63, 3.8) is 0 Å². The second-order valence-electron chi connectivity index (χ2n) is 8.89. The number of nitrogens with one attached hydrogen (secondary N) is 1. The molecule has 0 aliphatic rings. The molecule has 0 aliphatic carbocycles. The molecule has 3 N–H and O–H groups in total. The molecule has 3 heteroatoms. The maximum absolute atomic E-state index is 12.1. The zero-order valence-corrected chi connectivity index (χ0v) is 19.7. The maximum atomic E-state index is 12.1. The Balaban J connectivity index is 1.80. The van der Waals surface area contributed by atoms with Crippen LogP contribution in [-0.2, 0) is 11.2 Å². The van der Waals surface area contributed by atoms with Crippen LogP contribution in [0.5, 0.6) is 0 Å². The van der Waals surface area contributed by atoms with Crippen LogP contribution in [0.4, 0.5) is 0 Å². The van der Waals surface area contributed by atoms with Gasteiger partial charge in [0.05, 0.1) is 6.04 Å². The zero-order valence-electron chi connectivity index (χ0n) is 19.7. The summed E-state index contributed by atoms with van der Waals surface area (Å²) in [5, 5.41) is 2.99. The van der Waals surface area contributed by atoms with Gasteiger partial charge in [0.15, 0.2) is 0 Å². The number of hydrogen-bond acceptors (Lipinski definition) is 2. The quantitative estimate of drug-likeness (QED) is 0.226. The molecule has 0 aliphatic heterocycles. The molecule has 1 aromatic carbocycles. The van der Waals surface area contributed by atoms with Crippen molar-refractivity contribution in [2.75, 3.05) is 6.54 Å². The van der Waals surface area contributed by atoms with Crippen LogP contribution in [0.25, 0.3) is 0 Å². The molecule has 0 bridgehead atoms. The van der Waals surface area contributed by atoms with E-state index in [0.29, 0.717) is 6.42 Å². The first-order valence-electron chi connectivity index (χ1n) is 12.8. The number of unbranched alkanes of at least 4 members (excludes halogenated alkanes) is 15. The zero-order chi connectivity index (χ0) is 21.7. The van der Waals surface area contributed by atoms with Crippen molar-refractivity contribution in [1.29, 1.82) is 0 Å². The first-order chi connectivity index (χ1) is 14.7. The Labute approximate surface area is 186 Å². The van der Waals surface area contributed by atoms with Gasteiger partial charge in [0.25, 0.3) is 0 Å². The number of carbonyl (C=O) groups excluding carboxylic acids is 1. The maximum Gasteiger partial charge on any atom is 0.237 e. The van der Waals surface area contributed by atoms with Crippen LogP contribution in [0.15, 0.2) is 30.3 Å². The third-order valence-corrected chi connectivity index (χ3v) is 5.96. The van der Waals surface area contributed by atoms with Gasteiger partial charge in [-0.2, -0.15) is 0 Å². The molecule has 30 heavy (non-hydrogen) atoms. The van der Waals surface area contributed by atoms with Gasteiger partial charge in [-0.1, -0.05) is 134 Å². The fourth-order valence-electron chi connectivity index (χ4n) is 3.98. The largest absolute Gasteiger partial charge is 0.355 e. The smallest absolute Gasteiger partial charge is 0.237 e. The van der Waals surface area contributed by atoms with E-state index in [1.807, 2.05) is 30.3 Å². The van der Waals surface area contributed by atoms with E-state index in [-0.39, 0.29) is 5.91 Å². The Morgan fingerprint density at radius 1 is 0.733 bits per heavy atom. The molecule has 0 saturated carbocycles. The predicted molar refractivity (Wildman–Crippen MR) is 131 cm³/mol. The molecule has 0 heterocycles. The fraction of sp³-hybridized carbons (Fsp3) is 0.741. The minimum atomic E-state index is -0.451. The Bertz CT molecular complexity index is 503. The molecule has 0 fully saturated rings. The molecular formula is C27H48N2O. The lowest BCUT2D eigenvalue weighted by Gasteiger charge is -2.12. The third-order valence-electron chi connectivity index (χ3n) is 5.96.